The van der Waals surface area contributed by atoms with Crippen LogP contribution in [0, 0.1) is 6.42 Å². The molecule has 0 saturated carbocycles. The van der Waals surface area contributed by atoms with Crippen molar-refractivity contribution in [3.63, 3.8) is 0 Å². The molecule has 17 heavy (non-hydrogen) atoms. The number of benzene rings is 1. The summed E-state index contributed by atoms with van der Waals surface area (Å²) in [6.45, 7) is 2.25. The van der Waals surface area contributed by atoms with Crippen LogP contribution in [0.2, 0.25) is 0 Å². The van der Waals surface area contributed by atoms with Gasteiger partial charge in [-0.05, 0) is 24.5 Å². The van der Waals surface area contributed by atoms with Crippen molar-refractivity contribution < 1.29 is 5.11 Å². The molecular formula is C16H25O. The fraction of sp³-hybridized carbons (Fsp3) is 0.562. The van der Waals surface area contributed by atoms with Crippen LogP contribution >= 0.6 is 0 Å². The largest absolute Gasteiger partial charge is 0.508 e. The molecule has 0 aliphatic carbocycles. The average molecular weight is 233 g/mol. The molecule has 0 bridgehead atoms. The normalized spacial score (nSPS) is 10.6. The number of phenolic OH excluding ortho intramolecular Hbond substituents is 1. The van der Waals surface area contributed by atoms with Gasteiger partial charge in [0.15, 0.2) is 0 Å². The Balaban J connectivity index is 1.99. The zero-order valence-corrected chi connectivity index (χ0v) is 11.0. The fourth-order valence-corrected chi connectivity index (χ4v) is 2.02. The van der Waals surface area contributed by atoms with E-state index >= 15 is 0 Å². The molecule has 0 heterocycles. The first kappa shape index (κ1) is 14.1. The topological polar surface area (TPSA) is 20.2 Å². The summed E-state index contributed by atoms with van der Waals surface area (Å²) in [5, 5.41) is 9.58. The SMILES string of the molecule is CCCCCCCCC[CH]c1ccccc1O. The molecule has 1 radical (unpaired) electrons. The van der Waals surface area contributed by atoms with E-state index in [1.807, 2.05) is 18.2 Å². The van der Waals surface area contributed by atoms with Crippen LogP contribution in [0.1, 0.15) is 63.9 Å². The summed E-state index contributed by atoms with van der Waals surface area (Å²) in [5.41, 5.74) is 0.971. The molecule has 0 aromatic heterocycles. The van der Waals surface area contributed by atoms with Gasteiger partial charge in [0.1, 0.15) is 5.75 Å². The highest BCUT2D eigenvalue weighted by atomic mass is 16.3. The van der Waals surface area contributed by atoms with Crippen molar-refractivity contribution in [2.75, 3.05) is 0 Å². The highest BCUT2D eigenvalue weighted by molar-refractivity contribution is 5.36. The van der Waals surface area contributed by atoms with Crippen molar-refractivity contribution in [1.82, 2.24) is 0 Å². The molecule has 0 saturated heterocycles. The van der Waals surface area contributed by atoms with Crippen LogP contribution in [-0.2, 0) is 0 Å². The minimum absolute atomic E-state index is 0.399. The van der Waals surface area contributed by atoms with Gasteiger partial charge in [0.25, 0.3) is 0 Å². The predicted molar refractivity (Wildman–Crippen MR) is 74.1 cm³/mol. The molecule has 0 aliphatic heterocycles. The molecule has 0 aliphatic rings. The number of rotatable bonds is 9. The van der Waals surface area contributed by atoms with Crippen molar-refractivity contribution in [2.45, 2.75) is 58.3 Å². The van der Waals surface area contributed by atoms with E-state index < -0.39 is 0 Å². The summed E-state index contributed by atoms with van der Waals surface area (Å²) >= 11 is 0. The smallest absolute Gasteiger partial charge is 0.119 e. The van der Waals surface area contributed by atoms with E-state index in [1.165, 1.54) is 44.9 Å². The quantitative estimate of drug-likeness (QED) is 0.589. The lowest BCUT2D eigenvalue weighted by Gasteiger charge is -2.04. The third kappa shape index (κ3) is 6.35. The minimum atomic E-state index is 0.399. The molecule has 0 atom stereocenters. The Hall–Kier alpha value is -0.980. The number of unbranched alkanes of at least 4 members (excludes halogenated alkanes) is 7. The maximum Gasteiger partial charge on any atom is 0.119 e. The van der Waals surface area contributed by atoms with Crippen LogP contribution in [0.15, 0.2) is 24.3 Å². The second kappa shape index (κ2) is 9.09. The molecular weight excluding hydrogens is 208 g/mol. The van der Waals surface area contributed by atoms with E-state index in [0.717, 1.165) is 12.0 Å². The standard InChI is InChI=1S/C16H25O/c1-2-3-4-5-6-7-8-9-12-15-13-10-11-14-16(15)17/h10-14,17H,2-9H2,1H3. The molecule has 1 heteroatoms. The van der Waals surface area contributed by atoms with Gasteiger partial charge in [-0.25, -0.2) is 0 Å². The Morgan fingerprint density at radius 1 is 0.941 bits per heavy atom. The van der Waals surface area contributed by atoms with Gasteiger partial charge in [-0.3, -0.25) is 0 Å². The second-order valence-corrected chi connectivity index (χ2v) is 4.67. The van der Waals surface area contributed by atoms with Gasteiger partial charge >= 0.3 is 0 Å². The first-order valence-electron chi connectivity index (χ1n) is 6.95. The van der Waals surface area contributed by atoms with Gasteiger partial charge in [0, 0.05) is 0 Å². The lowest BCUT2D eigenvalue weighted by molar-refractivity contribution is 0.471. The summed E-state index contributed by atoms with van der Waals surface area (Å²) in [6, 6.07) is 7.55. The van der Waals surface area contributed by atoms with Crippen molar-refractivity contribution in [3.8, 4) is 5.75 Å². The van der Waals surface area contributed by atoms with E-state index in [9.17, 15) is 5.11 Å². The maximum atomic E-state index is 9.58. The van der Waals surface area contributed by atoms with Crippen LogP contribution < -0.4 is 0 Å². The molecule has 1 N–H and O–H groups in total. The Morgan fingerprint density at radius 2 is 1.59 bits per heavy atom. The van der Waals surface area contributed by atoms with Crippen molar-refractivity contribution >= 4 is 0 Å². The Labute approximate surface area is 106 Å². The Bertz CT molecular complexity index is 293. The maximum absolute atomic E-state index is 9.58. The molecule has 0 unspecified atom stereocenters. The van der Waals surface area contributed by atoms with Crippen molar-refractivity contribution in [3.05, 3.63) is 36.2 Å². The number of hydrogen-bond acceptors (Lipinski definition) is 1. The van der Waals surface area contributed by atoms with Crippen LogP contribution in [-0.4, -0.2) is 5.11 Å². The van der Waals surface area contributed by atoms with Crippen LogP contribution in [0.25, 0.3) is 0 Å². The highest BCUT2D eigenvalue weighted by Gasteiger charge is 1.99. The monoisotopic (exact) mass is 233 g/mol. The molecule has 1 aromatic carbocycles. The predicted octanol–water partition coefficient (Wildman–Crippen LogP) is 5.09. The lowest BCUT2D eigenvalue weighted by atomic mass is 10.0. The van der Waals surface area contributed by atoms with Gasteiger partial charge in [-0.2, -0.15) is 0 Å². The van der Waals surface area contributed by atoms with Gasteiger partial charge in [0.2, 0.25) is 0 Å². The van der Waals surface area contributed by atoms with Gasteiger partial charge in [0.05, 0.1) is 0 Å². The first-order valence-corrected chi connectivity index (χ1v) is 6.95. The van der Waals surface area contributed by atoms with Crippen molar-refractivity contribution in [2.24, 2.45) is 0 Å². The number of para-hydroxylation sites is 1. The molecule has 0 spiro atoms. The lowest BCUT2D eigenvalue weighted by Crippen LogP contribution is -1.84. The van der Waals surface area contributed by atoms with E-state index in [2.05, 4.69) is 13.3 Å². The summed E-state index contributed by atoms with van der Waals surface area (Å²) in [6.07, 6.45) is 12.6. The number of hydrogen-bond donors (Lipinski definition) is 1. The molecule has 1 aromatic rings. The minimum Gasteiger partial charge on any atom is -0.508 e. The average Bonchev–Trinajstić information content (AvgIpc) is 2.35. The van der Waals surface area contributed by atoms with Crippen LogP contribution in [0.5, 0.6) is 5.75 Å². The zero-order chi connectivity index (χ0) is 12.3. The van der Waals surface area contributed by atoms with Gasteiger partial charge in [-0.1, -0.05) is 70.1 Å². The second-order valence-electron chi connectivity index (χ2n) is 4.67. The molecule has 0 amide bonds. The Morgan fingerprint density at radius 3 is 2.29 bits per heavy atom. The molecule has 95 valence electrons. The van der Waals surface area contributed by atoms with Gasteiger partial charge in [-0.15, -0.1) is 0 Å². The van der Waals surface area contributed by atoms with Crippen LogP contribution in [0.3, 0.4) is 0 Å². The summed E-state index contributed by atoms with van der Waals surface area (Å²) in [7, 11) is 0. The van der Waals surface area contributed by atoms with Gasteiger partial charge < -0.3 is 5.11 Å². The molecule has 0 fully saturated rings. The first-order chi connectivity index (χ1) is 8.34. The Kier molecular flexibility index (Phi) is 7.53. The van der Waals surface area contributed by atoms with Crippen molar-refractivity contribution in [1.29, 1.82) is 0 Å². The highest BCUT2D eigenvalue weighted by Crippen LogP contribution is 2.20. The third-order valence-corrected chi connectivity index (χ3v) is 3.11. The van der Waals surface area contributed by atoms with E-state index in [0.29, 0.717) is 5.75 Å². The summed E-state index contributed by atoms with van der Waals surface area (Å²) in [5.74, 6) is 0.399. The number of aromatic hydroxyl groups is 1. The molecule has 1 rings (SSSR count). The summed E-state index contributed by atoms with van der Waals surface area (Å²) in [4.78, 5) is 0. The summed E-state index contributed by atoms with van der Waals surface area (Å²) < 4.78 is 0. The zero-order valence-electron chi connectivity index (χ0n) is 11.0. The van der Waals surface area contributed by atoms with Crippen LogP contribution in [0.4, 0.5) is 0 Å². The fourth-order valence-electron chi connectivity index (χ4n) is 2.02. The van der Waals surface area contributed by atoms with E-state index in [1.54, 1.807) is 6.07 Å². The number of phenols is 1. The van der Waals surface area contributed by atoms with E-state index in [4.69, 9.17) is 0 Å². The van der Waals surface area contributed by atoms with E-state index in [-0.39, 0.29) is 0 Å². The molecule has 1 nitrogen and oxygen atoms in total. The third-order valence-electron chi connectivity index (χ3n) is 3.11.